The average molecular weight is 335 g/mol. The van der Waals surface area contributed by atoms with E-state index in [0.717, 1.165) is 45.5 Å². The molecule has 0 spiro atoms. The summed E-state index contributed by atoms with van der Waals surface area (Å²) in [5.41, 5.74) is 3.00. The van der Waals surface area contributed by atoms with Crippen LogP contribution in [0.2, 0.25) is 0 Å². The first kappa shape index (κ1) is 16.0. The van der Waals surface area contributed by atoms with Crippen LogP contribution in [-0.4, -0.2) is 15.0 Å². The molecule has 1 heterocycles. The molecule has 0 unspecified atom stereocenters. The van der Waals surface area contributed by atoms with Gasteiger partial charge in [-0.1, -0.05) is 55.7 Å². The lowest BCUT2D eigenvalue weighted by Gasteiger charge is -2.10. The van der Waals surface area contributed by atoms with Gasteiger partial charge in [0.25, 0.3) is 0 Å². The highest BCUT2D eigenvalue weighted by molar-refractivity contribution is 6.23. The van der Waals surface area contributed by atoms with E-state index in [1.807, 2.05) is 16.8 Å². The van der Waals surface area contributed by atoms with E-state index in [0.29, 0.717) is 0 Å². The van der Waals surface area contributed by atoms with E-state index < -0.39 is 0 Å². The molecule has 25 heavy (non-hydrogen) atoms. The van der Waals surface area contributed by atoms with E-state index in [1.165, 1.54) is 30.9 Å². The van der Waals surface area contributed by atoms with E-state index in [9.17, 15) is 4.39 Å². The standard InChI is InChI=1S/C21H22FN3/c1-3-4-5-6-12-25-21-18-13-15(22)10-11-16(18)17-9-7-8-14(2)19(17)20(21)23-24-25/h7-11,13H,3-6,12H2,1-2H3. The van der Waals surface area contributed by atoms with E-state index in [1.54, 1.807) is 6.07 Å². The maximum atomic E-state index is 14.0. The maximum absolute atomic E-state index is 14.0. The van der Waals surface area contributed by atoms with Gasteiger partial charge in [-0.05, 0) is 41.8 Å². The zero-order chi connectivity index (χ0) is 17.4. The average Bonchev–Trinajstić information content (AvgIpc) is 3.03. The van der Waals surface area contributed by atoms with Crippen LogP contribution in [-0.2, 0) is 6.54 Å². The molecule has 0 aliphatic heterocycles. The van der Waals surface area contributed by atoms with Crippen molar-refractivity contribution in [3.05, 3.63) is 47.8 Å². The van der Waals surface area contributed by atoms with Crippen LogP contribution in [0.15, 0.2) is 36.4 Å². The molecule has 0 aliphatic rings. The van der Waals surface area contributed by atoms with E-state index in [2.05, 4.69) is 36.3 Å². The Balaban J connectivity index is 2.01. The minimum atomic E-state index is -0.223. The SMILES string of the molecule is CCCCCCn1nnc2c3c(C)cccc3c3ccc(F)cc3c21. The summed E-state index contributed by atoms with van der Waals surface area (Å²) in [6.07, 6.45) is 4.67. The normalized spacial score (nSPS) is 11.8. The number of benzene rings is 3. The van der Waals surface area contributed by atoms with Crippen molar-refractivity contribution in [3.8, 4) is 0 Å². The molecule has 0 bridgehead atoms. The van der Waals surface area contributed by atoms with E-state index in [4.69, 9.17) is 0 Å². The molecule has 0 saturated carbocycles. The van der Waals surface area contributed by atoms with Gasteiger partial charge in [0.1, 0.15) is 11.3 Å². The van der Waals surface area contributed by atoms with Crippen LogP contribution in [0.5, 0.6) is 0 Å². The molecule has 0 N–H and O–H groups in total. The Bertz CT molecular complexity index is 1070. The van der Waals surface area contributed by atoms with E-state index >= 15 is 0 Å². The van der Waals surface area contributed by atoms with Crippen LogP contribution in [0.25, 0.3) is 32.6 Å². The molecule has 4 rings (SSSR count). The van der Waals surface area contributed by atoms with Crippen molar-refractivity contribution in [2.75, 3.05) is 0 Å². The highest BCUT2D eigenvalue weighted by Crippen LogP contribution is 2.35. The smallest absolute Gasteiger partial charge is 0.123 e. The van der Waals surface area contributed by atoms with Gasteiger partial charge in [0, 0.05) is 17.3 Å². The second-order valence-electron chi connectivity index (χ2n) is 6.76. The minimum Gasteiger partial charge on any atom is -0.244 e. The number of aryl methyl sites for hydroxylation is 2. The largest absolute Gasteiger partial charge is 0.244 e. The number of hydrogen-bond donors (Lipinski definition) is 0. The number of rotatable bonds is 5. The van der Waals surface area contributed by atoms with Crippen molar-refractivity contribution in [2.45, 2.75) is 46.1 Å². The quantitative estimate of drug-likeness (QED) is 0.342. The lowest BCUT2D eigenvalue weighted by Crippen LogP contribution is -2.01. The van der Waals surface area contributed by atoms with Crippen molar-refractivity contribution < 1.29 is 4.39 Å². The number of fused-ring (bicyclic) bond motifs is 6. The highest BCUT2D eigenvalue weighted by Gasteiger charge is 2.16. The minimum absolute atomic E-state index is 0.223. The Morgan fingerprint density at radius 2 is 1.88 bits per heavy atom. The third-order valence-corrected chi connectivity index (χ3v) is 5.00. The molecule has 0 aliphatic carbocycles. The third kappa shape index (κ3) is 2.66. The van der Waals surface area contributed by atoms with Crippen LogP contribution in [0.3, 0.4) is 0 Å². The Labute approximate surface area is 146 Å². The van der Waals surface area contributed by atoms with Gasteiger partial charge in [-0.3, -0.25) is 0 Å². The second-order valence-corrected chi connectivity index (χ2v) is 6.76. The molecule has 0 fully saturated rings. The van der Waals surface area contributed by atoms with Gasteiger partial charge in [-0.15, -0.1) is 5.10 Å². The Hall–Kier alpha value is -2.49. The topological polar surface area (TPSA) is 30.7 Å². The number of nitrogens with zero attached hydrogens (tertiary/aromatic N) is 3. The lowest BCUT2D eigenvalue weighted by molar-refractivity contribution is 0.540. The fourth-order valence-electron chi connectivity index (χ4n) is 3.75. The molecule has 0 amide bonds. The summed E-state index contributed by atoms with van der Waals surface area (Å²) >= 11 is 0. The Kier molecular flexibility index (Phi) is 4.12. The lowest BCUT2D eigenvalue weighted by atomic mass is 9.97. The van der Waals surface area contributed by atoms with Crippen molar-refractivity contribution in [3.63, 3.8) is 0 Å². The second kappa shape index (κ2) is 6.43. The number of hydrogen-bond acceptors (Lipinski definition) is 2. The third-order valence-electron chi connectivity index (χ3n) is 5.00. The molecule has 128 valence electrons. The maximum Gasteiger partial charge on any atom is 0.123 e. The first-order valence-corrected chi connectivity index (χ1v) is 9.04. The Morgan fingerprint density at radius 1 is 1.00 bits per heavy atom. The molecule has 4 heteroatoms. The van der Waals surface area contributed by atoms with E-state index in [-0.39, 0.29) is 5.82 Å². The summed E-state index contributed by atoms with van der Waals surface area (Å²) in [5.74, 6) is -0.223. The zero-order valence-corrected chi connectivity index (χ0v) is 14.7. The number of halogens is 1. The molecule has 1 aromatic heterocycles. The fourth-order valence-corrected chi connectivity index (χ4v) is 3.75. The summed E-state index contributed by atoms with van der Waals surface area (Å²) < 4.78 is 15.9. The molecule has 4 aromatic rings. The van der Waals surface area contributed by atoms with Gasteiger partial charge in [-0.2, -0.15) is 0 Å². The monoisotopic (exact) mass is 335 g/mol. The van der Waals surface area contributed by atoms with Gasteiger partial charge >= 0.3 is 0 Å². The molecule has 0 radical (unpaired) electrons. The van der Waals surface area contributed by atoms with Crippen LogP contribution in [0.1, 0.15) is 38.2 Å². The summed E-state index contributed by atoms with van der Waals surface area (Å²) in [6.45, 7) is 5.12. The summed E-state index contributed by atoms with van der Waals surface area (Å²) in [4.78, 5) is 0. The van der Waals surface area contributed by atoms with Gasteiger partial charge in [0.05, 0.1) is 5.52 Å². The van der Waals surface area contributed by atoms with Crippen molar-refractivity contribution in [1.82, 2.24) is 15.0 Å². The number of unbranched alkanes of at least 4 members (excludes halogenated alkanes) is 3. The predicted octanol–water partition coefficient (Wildman–Crippen LogP) is 5.77. The molecule has 0 atom stereocenters. The predicted molar refractivity (Wildman–Crippen MR) is 101 cm³/mol. The molecule has 3 aromatic carbocycles. The van der Waals surface area contributed by atoms with Crippen LogP contribution >= 0.6 is 0 Å². The van der Waals surface area contributed by atoms with Gasteiger partial charge in [-0.25, -0.2) is 9.07 Å². The Morgan fingerprint density at radius 3 is 2.72 bits per heavy atom. The van der Waals surface area contributed by atoms with Gasteiger partial charge < -0.3 is 0 Å². The van der Waals surface area contributed by atoms with Crippen LogP contribution < -0.4 is 0 Å². The van der Waals surface area contributed by atoms with Crippen molar-refractivity contribution >= 4 is 32.6 Å². The molecular formula is C21H22FN3. The summed E-state index contributed by atoms with van der Waals surface area (Å²) in [7, 11) is 0. The van der Waals surface area contributed by atoms with Crippen LogP contribution in [0, 0.1) is 12.7 Å². The summed E-state index contributed by atoms with van der Waals surface area (Å²) in [5, 5.41) is 13.1. The summed E-state index contributed by atoms with van der Waals surface area (Å²) in [6, 6.07) is 11.2. The fraction of sp³-hybridized carbons (Fsp3) is 0.333. The first-order chi connectivity index (χ1) is 12.2. The van der Waals surface area contributed by atoms with Gasteiger partial charge in [0.15, 0.2) is 0 Å². The molecular weight excluding hydrogens is 313 g/mol. The van der Waals surface area contributed by atoms with Crippen molar-refractivity contribution in [1.29, 1.82) is 0 Å². The number of aromatic nitrogens is 3. The van der Waals surface area contributed by atoms with Crippen molar-refractivity contribution in [2.24, 2.45) is 0 Å². The van der Waals surface area contributed by atoms with Crippen LogP contribution in [0.4, 0.5) is 4.39 Å². The zero-order valence-electron chi connectivity index (χ0n) is 14.7. The molecule has 0 saturated heterocycles. The van der Waals surface area contributed by atoms with Gasteiger partial charge in [0.2, 0.25) is 0 Å². The highest BCUT2D eigenvalue weighted by atomic mass is 19.1. The molecule has 3 nitrogen and oxygen atoms in total. The first-order valence-electron chi connectivity index (χ1n) is 9.04.